The molecule has 0 saturated carbocycles. The molecule has 2 aromatic carbocycles. The van der Waals surface area contributed by atoms with Gasteiger partial charge >= 0.3 is 12.9 Å². The summed E-state index contributed by atoms with van der Waals surface area (Å²) in [5.41, 5.74) is 3.00. The van der Waals surface area contributed by atoms with Crippen LogP contribution in [0.5, 0.6) is 0 Å². The van der Waals surface area contributed by atoms with Crippen molar-refractivity contribution >= 4 is 18.6 Å². The standard InChI is InChI=1S/C15H16N3.BF4/c1-2-18(12-13-6-4-3-5-7-13)15-10-8-14(17-16)9-11-15;2-1(3,4)5/h3-11H,2,12H2,1H3;/q+1;-1. The SMILES string of the molecule is CCN(Cc1ccccc1)c1ccc([N+]#N)cc1.F[B-](F)(F)F. The molecular formula is C15H16BF4N3. The molecule has 0 aliphatic carbocycles. The van der Waals surface area contributed by atoms with E-state index in [-0.39, 0.29) is 0 Å². The van der Waals surface area contributed by atoms with Crippen LogP contribution in [0, 0.1) is 5.39 Å². The van der Waals surface area contributed by atoms with E-state index < -0.39 is 7.25 Å². The predicted octanol–water partition coefficient (Wildman–Crippen LogP) is 5.50. The highest BCUT2D eigenvalue weighted by Gasteiger charge is 2.20. The van der Waals surface area contributed by atoms with Crippen molar-refractivity contribution in [1.82, 2.24) is 0 Å². The van der Waals surface area contributed by atoms with E-state index in [1.165, 1.54) is 5.56 Å². The van der Waals surface area contributed by atoms with Crippen LogP contribution in [0.25, 0.3) is 4.98 Å². The second kappa shape index (κ2) is 8.78. The fraction of sp³-hybridized carbons (Fsp3) is 0.200. The Morgan fingerprint density at radius 1 is 0.957 bits per heavy atom. The molecular weight excluding hydrogens is 309 g/mol. The number of hydrogen-bond donors (Lipinski definition) is 0. The van der Waals surface area contributed by atoms with Crippen LogP contribution in [-0.4, -0.2) is 13.8 Å². The van der Waals surface area contributed by atoms with Gasteiger partial charge in [0.15, 0.2) is 4.98 Å². The summed E-state index contributed by atoms with van der Waals surface area (Å²) in [6.07, 6.45) is 0. The van der Waals surface area contributed by atoms with Crippen molar-refractivity contribution in [2.45, 2.75) is 13.5 Å². The molecule has 0 amide bonds. The summed E-state index contributed by atoms with van der Waals surface area (Å²) in [5.74, 6) is 0. The van der Waals surface area contributed by atoms with Crippen LogP contribution in [0.2, 0.25) is 0 Å². The van der Waals surface area contributed by atoms with Gasteiger partial charge in [0.1, 0.15) is 0 Å². The molecule has 0 radical (unpaired) electrons. The van der Waals surface area contributed by atoms with Crippen molar-refractivity contribution in [2.75, 3.05) is 11.4 Å². The maximum atomic E-state index is 9.75. The molecule has 0 bridgehead atoms. The molecule has 0 heterocycles. The first-order chi connectivity index (χ1) is 10.8. The highest BCUT2D eigenvalue weighted by atomic mass is 19.5. The van der Waals surface area contributed by atoms with Gasteiger partial charge in [0.25, 0.3) is 0 Å². The normalized spacial score (nSPS) is 10.3. The van der Waals surface area contributed by atoms with Gasteiger partial charge in [0.05, 0.1) is 0 Å². The Bertz CT molecular complexity index is 618. The number of benzene rings is 2. The Morgan fingerprint density at radius 3 is 1.91 bits per heavy atom. The number of nitrogens with zero attached hydrogens (tertiary/aromatic N) is 3. The van der Waals surface area contributed by atoms with E-state index in [0.717, 1.165) is 18.8 Å². The lowest BCUT2D eigenvalue weighted by molar-refractivity contribution is 0.368. The van der Waals surface area contributed by atoms with E-state index in [4.69, 9.17) is 5.39 Å². The molecule has 2 rings (SSSR count). The lowest BCUT2D eigenvalue weighted by Crippen LogP contribution is -2.21. The lowest BCUT2D eigenvalue weighted by atomic mass is 10.2. The molecule has 0 spiro atoms. The fourth-order valence-corrected chi connectivity index (χ4v) is 1.92. The minimum absolute atomic E-state index is 0.578. The smallest absolute Gasteiger partial charge is 0.418 e. The van der Waals surface area contributed by atoms with E-state index in [9.17, 15) is 17.3 Å². The molecule has 3 nitrogen and oxygen atoms in total. The lowest BCUT2D eigenvalue weighted by Gasteiger charge is -2.22. The predicted molar refractivity (Wildman–Crippen MR) is 84.5 cm³/mol. The molecule has 8 heteroatoms. The van der Waals surface area contributed by atoms with Gasteiger partial charge in [-0.2, -0.15) is 0 Å². The van der Waals surface area contributed by atoms with Gasteiger partial charge in [-0.1, -0.05) is 30.3 Å². The second-order valence-corrected chi connectivity index (χ2v) is 4.61. The molecule has 23 heavy (non-hydrogen) atoms. The second-order valence-electron chi connectivity index (χ2n) is 4.61. The largest absolute Gasteiger partial charge is 0.673 e. The molecule has 0 aliphatic rings. The molecule has 0 aromatic heterocycles. The molecule has 122 valence electrons. The van der Waals surface area contributed by atoms with Crippen LogP contribution in [0.4, 0.5) is 28.6 Å². The Balaban J connectivity index is 0.000000463. The van der Waals surface area contributed by atoms with Gasteiger partial charge in [-0.3, -0.25) is 0 Å². The Hall–Kier alpha value is -2.56. The Labute approximate surface area is 132 Å². The summed E-state index contributed by atoms with van der Waals surface area (Å²) >= 11 is 0. The van der Waals surface area contributed by atoms with Crippen LogP contribution in [0.3, 0.4) is 0 Å². The molecule has 0 saturated heterocycles. The first-order valence-corrected chi connectivity index (χ1v) is 6.95. The zero-order chi connectivity index (χ0) is 17.3. The first-order valence-electron chi connectivity index (χ1n) is 6.95. The zero-order valence-corrected chi connectivity index (χ0v) is 12.5. The van der Waals surface area contributed by atoms with Gasteiger partial charge in [0.2, 0.25) is 5.39 Å². The minimum Gasteiger partial charge on any atom is -0.418 e. The van der Waals surface area contributed by atoms with Gasteiger partial charge in [0, 0.05) is 30.9 Å². The molecule has 0 fully saturated rings. The first kappa shape index (κ1) is 18.5. The van der Waals surface area contributed by atoms with Crippen molar-refractivity contribution < 1.29 is 17.3 Å². The highest BCUT2D eigenvalue weighted by molar-refractivity contribution is 6.50. The summed E-state index contributed by atoms with van der Waals surface area (Å²) in [7, 11) is -6.00. The molecule has 2 aromatic rings. The van der Waals surface area contributed by atoms with Crippen molar-refractivity contribution in [2.24, 2.45) is 0 Å². The van der Waals surface area contributed by atoms with Gasteiger partial charge in [-0.25, -0.2) is 0 Å². The summed E-state index contributed by atoms with van der Waals surface area (Å²) in [6, 6.07) is 17.9. The van der Waals surface area contributed by atoms with Crippen LogP contribution < -0.4 is 4.90 Å². The maximum Gasteiger partial charge on any atom is 0.673 e. The average molecular weight is 325 g/mol. The number of diazo groups is 1. The monoisotopic (exact) mass is 325 g/mol. The van der Waals surface area contributed by atoms with Gasteiger partial charge in [-0.15, -0.1) is 0 Å². The van der Waals surface area contributed by atoms with Gasteiger partial charge < -0.3 is 22.2 Å². The number of halogens is 4. The Kier molecular flexibility index (Phi) is 7.06. The molecule has 0 atom stereocenters. The summed E-state index contributed by atoms with van der Waals surface area (Å²) < 4.78 is 39.0. The fourth-order valence-electron chi connectivity index (χ4n) is 1.92. The summed E-state index contributed by atoms with van der Waals surface area (Å²) in [6.45, 7) is 3.95. The number of hydrogen-bond acceptors (Lipinski definition) is 2. The third kappa shape index (κ3) is 7.86. The van der Waals surface area contributed by atoms with E-state index >= 15 is 0 Å². The van der Waals surface area contributed by atoms with Crippen molar-refractivity contribution in [3.8, 4) is 0 Å². The van der Waals surface area contributed by atoms with Crippen LogP contribution in [0.1, 0.15) is 12.5 Å². The molecule has 0 aliphatic heterocycles. The summed E-state index contributed by atoms with van der Waals surface area (Å²) in [4.78, 5) is 5.44. The minimum atomic E-state index is -6.00. The van der Waals surface area contributed by atoms with Crippen molar-refractivity contribution in [1.29, 1.82) is 5.39 Å². The summed E-state index contributed by atoms with van der Waals surface area (Å²) in [5, 5.41) is 8.67. The third-order valence-corrected chi connectivity index (χ3v) is 2.93. The molecule has 0 N–H and O–H groups in total. The van der Waals surface area contributed by atoms with Crippen molar-refractivity contribution in [3.63, 3.8) is 0 Å². The third-order valence-electron chi connectivity index (χ3n) is 2.93. The number of anilines is 1. The Morgan fingerprint density at radius 2 is 1.48 bits per heavy atom. The van der Waals surface area contributed by atoms with E-state index in [1.54, 1.807) is 0 Å². The topological polar surface area (TPSA) is 31.4 Å². The quantitative estimate of drug-likeness (QED) is 0.422. The highest BCUT2D eigenvalue weighted by Crippen LogP contribution is 2.21. The maximum absolute atomic E-state index is 9.75. The van der Waals surface area contributed by atoms with Gasteiger partial charge in [-0.05, 0) is 24.6 Å². The zero-order valence-electron chi connectivity index (χ0n) is 12.5. The van der Waals surface area contributed by atoms with E-state index in [1.807, 2.05) is 30.3 Å². The van der Waals surface area contributed by atoms with Crippen LogP contribution in [-0.2, 0) is 6.54 Å². The molecule has 0 unspecified atom stereocenters. The van der Waals surface area contributed by atoms with Crippen molar-refractivity contribution in [3.05, 3.63) is 65.1 Å². The van der Waals surface area contributed by atoms with E-state index in [2.05, 4.69) is 41.1 Å². The van der Waals surface area contributed by atoms with E-state index in [0.29, 0.717) is 5.69 Å². The van der Waals surface area contributed by atoms with Crippen LogP contribution in [0.15, 0.2) is 54.6 Å². The average Bonchev–Trinajstić information content (AvgIpc) is 2.52. The number of rotatable bonds is 4. The van der Waals surface area contributed by atoms with Crippen LogP contribution >= 0.6 is 0 Å².